The van der Waals surface area contributed by atoms with Gasteiger partial charge in [-0.2, -0.15) is 0 Å². The molecule has 0 radical (unpaired) electrons. The van der Waals surface area contributed by atoms with Gasteiger partial charge in [-0.3, -0.25) is 9.69 Å². The summed E-state index contributed by atoms with van der Waals surface area (Å²) in [6.07, 6.45) is 8.94. The zero-order valence-corrected chi connectivity index (χ0v) is 21.6. The number of allylic oxidation sites excluding steroid dienone is 2. The average molecular weight is 514 g/mol. The van der Waals surface area contributed by atoms with Gasteiger partial charge in [0.15, 0.2) is 5.78 Å². The number of ether oxygens (including phenoxy) is 3. The van der Waals surface area contributed by atoms with E-state index in [1.54, 1.807) is 11.3 Å². The molecule has 3 atom stereocenters. The number of aliphatic hydroxyl groups is 1. The van der Waals surface area contributed by atoms with Crippen LogP contribution in [0.3, 0.4) is 0 Å². The number of benzene rings is 1. The lowest BCUT2D eigenvalue weighted by atomic mass is 9.92. The van der Waals surface area contributed by atoms with Crippen LogP contribution in [0.1, 0.15) is 17.8 Å². The van der Waals surface area contributed by atoms with Gasteiger partial charge in [0.2, 0.25) is 5.79 Å². The number of Topliss-reactive ketones (excluding diaryl/α,β-unsaturated/α-hetero) is 1. The molecule has 2 aliphatic heterocycles. The van der Waals surface area contributed by atoms with Crippen molar-refractivity contribution in [2.75, 3.05) is 59.1 Å². The van der Waals surface area contributed by atoms with Crippen molar-refractivity contribution in [3.05, 3.63) is 47.5 Å². The summed E-state index contributed by atoms with van der Waals surface area (Å²) in [5, 5.41) is 11.5. The molecule has 2 saturated heterocycles. The Morgan fingerprint density at radius 1 is 1.22 bits per heavy atom. The number of carbonyl (C=O) groups excluding carboxylic acids is 1. The first-order chi connectivity index (χ1) is 17.5. The second-order valence-corrected chi connectivity index (χ2v) is 11.0. The van der Waals surface area contributed by atoms with Crippen LogP contribution >= 0.6 is 11.3 Å². The van der Waals surface area contributed by atoms with Gasteiger partial charge < -0.3 is 24.2 Å². The maximum atomic E-state index is 12.0. The second kappa shape index (κ2) is 11.5. The number of aliphatic hydroxyl groups excluding tert-OH is 1. The smallest absolute Gasteiger partial charge is 0.202 e. The molecule has 1 aliphatic carbocycles. The molecule has 8 nitrogen and oxygen atoms in total. The minimum Gasteiger partial charge on any atom is -0.491 e. The Bertz CT molecular complexity index is 1110. The number of ketones is 1. The summed E-state index contributed by atoms with van der Waals surface area (Å²) in [5.74, 6) is -0.383. The van der Waals surface area contributed by atoms with Crippen LogP contribution in [0.2, 0.25) is 0 Å². The first kappa shape index (κ1) is 25.5. The molecule has 194 valence electrons. The number of rotatable bonds is 11. The Morgan fingerprint density at radius 2 is 2.06 bits per heavy atom. The predicted molar refractivity (Wildman–Crippen MR) is 139 cm³/mol. The normalized spacial score (nSPS) is 25.5. The van der Waals surface area contributed by atoms with E-state index >= 15 is 0 Å². The fourth-order valence-electron chi connectivity index (χ4n) is 5.05. The van der Waals surface area contributed by atoms with Gasteiger partial charge in [-0.1, -0.05) is 18.2 Å². The fourth-order valence-corrected chi connectivity index (χ4v) is 5.85. The molecule has 0 saturated carbocycles. The van der Waals surface area contributed by atoms with E-state index in [1.165, 1.54) is 0 Å². The van der Waals surface area contributed by atoms with Crippen molar-refractivity contribution >= 4 is 27.3 Å². The van der Waals surface area contributed by atoms with E-state index in [-0.39, 0.29) is 24.9 Å². The lowest BCUT2D eigenvalue weighted by molar-refractivity contribution is -0.190. The van der Waals surface area contributed by atoms with Gasteiger partial charge in [-0.15, -0.1) is 11.3 Å². The molecule has 5 rings (SSSR count). The molecule has 0 bridgehead atoms. The quantitative estimate of drug-likeness (QED) is 0.460. The fraction of sp³-hybridized carbons (Fsp3) is 0.556. The number of thiazole rings is 1. The molecule has 2 unspecified atom stereocenters. The van der Waals surface area contributed by atoms with Crippen LogP contribution in [0.4, 0.5) is 0 Å². The van der Waals surface area contributed by atoms with Gasteiger partial charge in [-0.05, 0) is 44.5 Å². The highest BCUT2D eigenvalue weighted by Gasteiger charge is 2.48. The largest absolute Gasteiger partial charge is 0.491 e. The zero-order chi connectivity index (χ0) is 25.0. The highest BCUT2D eigenvalue weighted by Crippen LogP contribution is 2.36. The lowest BCUT2D eigenvalue weighted by Gasteiger charge is -2.35. The number of fused-ring (bicyclic) bond motifs is 2. The molecular weight excluding hydrogens is 478 g/mol. The molecule has 3 aliphatic rings. The van der Waals surface area contributed by atoms with Crippen LogP contribution in [0.25, 0.3) is 10.2 Å². The van der Waals surface area contributed by atoms with Crippen LogP contribution < -0.4 is 4.74 Å². The van der Waals surface area contributed by atoms with E-state index in [1.807, 2.05) is 49.4 Å². The molecule has 1 N–H and O–H groups in total. The van der Waals surface area contributed by atoms with E-state index in [4.69, 9.17) is 14.2 Å². The minimum absolute atomic E-state index is 0.0809. The van der Waals surface area contributed by atoms with E-state index in [9.17, 15) is 9.90 Å². The van der Waals surface area contributed by atoms with Crippen molar-refractivity contribution in [3.63, 3.8) is 0 Å². The number of carbonyl (C=O) groups is 1. The van der Waals surface area contributed by atoms with Crippen LogP contribution in [-0.4, -0.2) is 96.7 Å². The van der Waals surface area contributed by atoms with Gasteiger partial charge in [0.25, 0.3) is 0 Å². The number of hydrogen-bond acceptors (Lipinski definition) is 9. The Labute approximate surface area is 216 Å². The van der Waals surface area contributed by atoms with E-state index in [0.29, 0.717) is 13.2 Å². The molecule has 3 heterocycles. The summed E-state index contributed by atoms with van der Waals surface area (Å²) < 4.78 is 18.7. The van der Waals surface area contributed by atoms with E-state index < -0.39 is 11.9 Å². The number of aryl methyl sites for hydroxylation is 1. The summed E-state index contributed by atoms with van der Waals surface area (Å²) in [4.78, 5) is 21.3. The molecule has 2 aromatic rings. The van der Waals surface area contributed by atoms with Crippen molar-refractivity contribution in [3.8, 4) is 5.75 Å². The number of hydrogen-bond donors (Lipinski definition) is 1. The SMILES string of the molecule is Cc1nc2cc(OC[C@H](O)CN3CCN(CCCCOC45C=CC=CC4C(=O)CO5)CC3)ccc2s1. The Kier molecular flexibility index (Phi) is 8.15. The number of aromatic nitrogens is 1. The Hall–Kier alpha value is -2.14. The van der Waals surface area contributed by atoms with Crippen LogP contribution in [0, 0.1) is 12.8 Å². The topological polar surface area (TPSA) is 84.4 Å². The minimum atomic E-state index is -0.894. The monoisotopic (exact) mass is 513 g/mol. The van der Waals surface area contributed by atoms with Gasteiger partial charge in [0.1, 0.15) is 25.1 Å². The van der Waals surface area contributed by atoms with Crippen molar-refractivity contribution in [2.45, 2.75) is 31.7 Å². The molecule has 0 amide bonds. The first-order valence-electron chi connectivity index (χ1n) is 12.8. The number of unbranched alkanes of at least 4 members (excludes halogenated alkanes) is 1. The molecule has 0 spiro atoms. The molecule has 36 heavy (non-hydrogen) atoms. The van der Waals surface area contributed by atoms with Crippen molar-refractivity contribution in [1.82, 2.24) is 14.8 Å². The molecule has 1 aromatic carbocycles. The summed E-state index contributed by atoms with van der Waals surface area (Å²) in [6.45, 7) is 8.46. The molecule has 2 fully saturated rings. The van der Waals surface area contributed by atoms with Crippen molar-refractivity contribution in [2.24, 2.45) is 5.92 Å². The third kappa shape index (κ3) is 6.04. The summed E-state index contributed by atoms with van der Waals surface area (Å²) in [6, 6.07) is 5.91. The Balaban J connectivity index is 0.952. The molecule has 9 heteroatoms. The maximum absolute atomic E-state index is 12.0. The van der Waals surface area contributed by atoms with Crippen molar-refractivity contribution < 1.29 is 24.1 Å². The van der Waals surface area contributed by atoms with Gasteiger partial charge >= 0.3 is 0 Å². The molecular formula is C27H35N3O5S. The van der Waals surface area contributed by atoms with Gasteiger partial charge in [-0.25, -0.2) is 4.98 Å². The zero-order valence-electron chi connectivity index (χ0n) is 20.8. The van der Waals surface area contributed by atoms with Crippen LogP contribution in [0.15, 0.2) is 42.5 Å². The van der Waals surface area contributed by atoms with E-state index in [2.05, 4.69) is 14.8 Å². The summed E-state index contributed by atoms with van der Waals surface area (Å²) in [7, 11) is 0. The first-order valence-corrected chi connectivity index (χ1v) is 13.6. The number of nitrogens with zero attached hydrogens (tertiary/aromatic N) is 3. The second-order valence-electron chi connectivity index (χ2n) is 9.72. The van der Waals surface area contributed by atoms with Crippen LogP contribution in [-0.2, 0) is 14.3 Å². The third-order valence-corrected chi connectivity index (χ3v) is 7.95. The third-order valence-electron chi connectivity index (χ3n) is 7.00. The number of β-amino-alcohol motifs (C(OH)–C–C–N with tert-alkyl or cyclic N) is 1. The van der Waals surface area contributed by atoms with Gasteiger partial charge in [0.05, 0.1) is 27.7 Å². The highest BCUT2D eigenvalue weighted by molar-refractivity contribution is 7.18. The van der Waals surface area contributed by atoms with Crippen LogP contribution in [0.5, 0.6) is 5.75 Å². The Morgan fingerprint density at radius 3 is 2.92 bits per heavy atom. The predicted octanol–water partition coefficient (Wildman–Crippen LogP) is 2.80. The summed E-state index contributed by atoms with van der Waals surface area (Å²) >= 11 is 1.67. The van der Waals surface area contributed by atoms with Crippen molar-refractivity contribution in [1.29, 1.82) is 0 Å². The number of piperazine rings is 1. The van der Waals surface area contributed by atoms with E-state index in [0.717, 1.165) is 66.5 Å². The highest BCUT2D eigenvalue weighted by atomic mass is 32.1. The summed E-state index contributed by atoms with van der Waals surface area (Å²) in [5.41, 5.74) is 0.945. The molecule has 1 aromatic heterocycles. The lowest BCUT2D eigenvalue weighted by Crippen LogP contribution is -2.49. The average Bonchev–Trinajstić information content (AvgIpc) is 3.42. The van der Waals surface area contributed by atoms with Gasteiger partial charge in [0, 0.05) is 38.8 Å². The standard InChI is InChI=1S/C27H35N3O5S/c1-20-28-24-16-22(7-8-26(24)36-20)33-18-21(31)17-30-13-11-29(12-14-30)10-4-5-15-34-27-9-3-2-6-23(27)25(32)19-35-27/h2-3,6-9,16,21,23,31H,4-5,10-15,17-19H2,1H3/t21-,23?,27?/m1/s1. The maximum Gasteiger partial charge on any atom is 0.202 e.